The van der Waals surface area contributed by atoms with Gasteiger partial charge in [-0.15, -0.1) is 0 Å². The Bertz CT molecular complexity index is 54.3. The van der Waals surface area contributed by atoms with Crippen LogP contribution in [0.15, 0.2) is 0 Å². The van der Waals surface area contributed by atoms with Gasteiger partial charge in [-0.2, -0.15) is 0 Å². The van der Waals surface area contributed by atoms with Crippen LogP contribution in [0.4, 0.5) is 0 Å². The van der Waals surface area contributed by atoms with E-state index in [0.29, 0.717) is 19.2 Å². The molecule has 0 saturated heterocycles. The molecular weight excluding hydrogens is 160 g/mol. The first-order chi connectivity index (χ1) is 4.13. The summed E-state index contributed by atoms with van der Waals surface area (Å²) in [5, 5.41) is 0. The Kier molecular flexibility index (Phi) is 10.3. The smallest absolute Gasteiger partial charge is 0.412 e. The predicted molar refractivity (Wildman–Crippen MR) is 42.9 cm³/mol. The van der Waals surface area contributed by atoms with Crippen molar-refractivity contribution in [3.63, 3.8) is 0 Å². The topological polar surface area (TPSA) is 31.5 Å². The zero-order chi connectivity index (χ0) is 7.28. The first kappa shape index (κ1) is 13.3. The summed E-state index contributed by atoms with van der Waals surface area (Å²) in [4.78, 5) is 0. The van der Waals surface area contributed by atoms with E-state index in [2.05, 4.69) is 27.7 Å². The van der Waals surface area contributed by atoms with Crippen molar-refractivity contribution in [2.45, 2.75) is 37.1 Å². The second kappa shape index (κ2) is 7.78. The molecule has 62 valence electrons. The minimum atomic E-state index is 0. The molecule has 0 rings (SSSR count). The Labute approximate surface area is 73.8 Å². The first-order valence-corrected chi connectivity index (χ1v) is 6.04. The third kappa shape index (κ3) is 11.5. The molecule has 0 aromatic carbocycles. The fourth-order valence-corrected chi connectivity index (χ4v) is 2.72. The number of hydrogen-bond donors (Lipinski definition) is 0. The second-order valence-electron chi connectivity index (χ2n) is 3.45. The van der Waals surface area contributed by atoms with Crippen LogP contribution < -0.4 is 0 Å². The minimum Gasteiger partial charge on any atom is -0.412 e. The maximum Gasteiger partial charge on any atom is -0.412 e. The summed E-state index contributed by atoms with van der Waals surface area (Å²) in [7, 11) is 0. The van der Waals surface area contributed by atoms with Gasteiger partial charge in [0.15, 0.2) is 0 Å². The van der Waals surface area contributed by atoms with Crippen LogP contribution in [0, 0.1) is 11.8 Å². The van der Waals surface area contributed by atoms with E-state index in [0.717, 1.165) is 11.8 Å². The van der Waals surface area contributed by atoms with Crippen LogP contribution in [-0.4, -0.2) is 5.48 Å². The molecule has 0 bridgehead atoms. The summed E-state index contributed by atoms with van der Waals surface area (Å²) in [6.45, 7) is 9.29. The Morgan fingerprint density at radius 2 is 1.20 bits per heavy atom. The van der Waals surface area contributed by atoms with Gasteiger partial charge in [0.25, 0.3) is 0 Å². The van der Waals surface area contributed by atoms with Gasteiger partial charge < -0.3 is 5.48 Å². The molecule has 0 aromatic rings. The van der Waals surface area contributed by atoms with E-state index in [1.54, 1.807) is 0 Å². The molecule has 0 radical (unpaired) electrons. The molecule has 0 atom stereocenters. The van der Waals surface area contributed by atoms with Crippen LogP contribution in [0.25, 0.3) is 0 Å². The summed E-state index contributed by atoms with van der Waals surface area (Å²) >= 11 is 0.426. The summed E-state index contributed by atoms with van der Waals surface area (Å²) in [6, 6.07) is 0. The van der Waals surface area contributed by atoms with Gasteiger partial charge in [0.2, 0.25) is 0 Å². The van der Waals surface area contributed by atoms with Gasteiger partial charge in [0.1, 0.15) is 0 Å². The van der Waals surface area contributed by atoms with Gasteiger partial charge in [0, 0.05) is 0 Å². The number of hydrogen-bond acceptors (Lipinski definition) is 0. The van der Waals surface area contributed by atoms with Gasteiger partial charge in [-0.25, -0.2) is 0 Å². The van der Waals surface area contributed by atoms with E-state index < -0.39 is 0 Å². The molecule has 10 heavy (non-hydrogen) atoms. The van der Waals surface area contributed by atoms with Gasteiger partial charge in [-0.1, -0.05) is 0 Å². The van der Waals surface area contributed by atoms with Crippen LogP contribution >= 0.6 is 0 Å². The summed E-state index contributed by atoms with van der Waals surface area (Å²) in [6.07, 6.45) is 0. The van der Waals surface area contributed by atoms with E-state index >= 15 is 0 Å². The molecule has 1 nitrogen and oxygen atoms in total. The molecule has 2 heteroatoms. The van der Waals surface area contributed by atoms with E-state index in [9.17, 15) is 0 Å². The molecule has 0 fully saturated rings. The Morgan fingerprint density at radius 3 is 1.40 bits per heavy atom. The minimum absolute atomic E-state index is 0. The molecule has 0 aromatic heterocycles. The van der Waals surface area contributed by atoms with Crippen molar-refractivity contribution in [1.82, 2.24) is 0 Å². The van der Waals surface area contributed by atoms with E-state index in [4.69, 9.17) is 0 Å². The molecular formula is C8H20OTi. The molecule has 0 saturated carbocycles. The van der Waals surface area contributed by atoms with Crippen LogP contribution in [0.5, 0.6) is 0 Å². The zero-order valence-corrected chi connectivity index (χ0v) is 9.13. The van der Waals surface area contributed by atoms with Crippen molar-refractivity contribution < 1.29 is 24.6 Å². The van der Waals surface area contributed by atoms with Gasteiger partial charge in [-0.3, -0.25) is 0 Å². The molecule has 0 amide bonds. The molecule has 0 heterocycles. The largest absolute Gasteiger partial charge is 0.412 e. The van der Waals surface area contributed by atoms with Crippen LogP contribution in [0.1, 0.15) is 27.7 Å². The zero-order valence-electron chi connectivity index (χ0n) is 7.57. The average Bonchev–Trinajstić information content (AvgIpc) is 1.63. The molecule has 0 aliphatic heterocycles. The first-order valence-electron chi connectivity index (χ1n) is 3.83. The Hall–Kier alpha value is 0.674. The van der Waals surface area contributed by atoms with E-state index in [-0.39, 0.29) is 5.48 Å². The van der Waals surface area contributed by atoms with E-state index in [1.807, 2.05) is 0 Å². The third-order valence-corrected chi connectivity index (χ3v) is 4.56. The summed E-state index contributed by atoms with van der Waals surface area (Å²) in [5.74, 6) is 1.90. The molecule has 0 aliphatic carbocycles. The van der Waals surface area contributed by atoms with Gasteiger partial charge in [0.05, 0.1) is 0 Å². The van der Waals surface area contributed by atoms with E-state index in [1.165, 1.54) is 9.45 Å². The van der Waals surface area contributed by atoms with Crippen LogP contribution in [0.3, 0.4) is 0 Å². The molecule has 0 aliphatic rings. The van der Waals surface area contributed by atoms with Crippen molar-refractivity contribution in [3.8, 4) is 0 Å². The monoisotopic (exact) mass is 180 g/mol. The second-order valence-corrected chi connectivity index (χ2v) is 5.50. The third-order valence-electron chi connectivity index (χ3n) is 1.11. The fraction of sp³-hybridized carbons (Fsp3) is 1.00. The van der Waals surface area contributed by atoms with Crippen molar-refractivity contribution in [2.75, 3.05) is 0 Å². The SMILES string of the molecule is CC(C)[CH2][Ti][CH2]C(C)C.O. The van der Waals surface area contributed by atoms with Crippen molar-refractivity contribution in [2.24, 2.45) is 11.8 Å². The van der Waals surface area contributed by atoms with Crippen molar-refractivity contribution in [3.05, 3.63) is 0 Å². The average molecular weight is 180 g/mol. The summed E-state index contributed by atoms with van der Waals surface area (Å²) < 4.78 is 3.05. The number of rotatable bonds is 4. The quantitative estimate of drug-likeness (QED) is 0.595. The van der Waals surface area contributed by atoms with Crippen LogP contribution in [0.2, 0.25) is 9.45 Å². The Balaban J connectivity index is 0. The Morgan fingerprint density at radius 1 is 0.900 bits per heavy atom. The maximum atomic E-state index is 2.32. The van der Waals surface area contributed by atoms with Crippen LogP contribution in [-0.2, 0) is 19.2 Å². The predicted octanol–water partition coefficient (Wildman–Crippen LogP) is 2.39. The molecule has 2 N–H and O–H groups in total. The van der Waals surface area contributed by atoms with Crippen molar-refractivity contribution >= 4 is 0 Å². The summed E-state index contributed by atoms with van der Waals surface area (Å²) in [5.41, 5.74) is 0. The van der Waals surface area contributed by atoms with Gasteiger partial charge >= 0.3 is 68.1 Å². The van der Waals surface area contributed by atoms with Gasteiger partial charge in [-0.05, 0) is 0 Å². The van der Waals surface area contributed by atoms with Crippen molar-refractivity contribution in [1.29, 1.82) is 0 Å². The normalized spacial score (nSPS) is 9.80. The fourth-order valence-electron chi connectivity index (χ4n) is 0.661. The molecule has 0 spiro atoms. The molecule has 0 unspecified atom stereocenters. The maximum absolute atomic E-state index is 2.32. The standard InChI is InChI=1S/2C4H9.H2O.Ti/c2*1-4(2)3;;/h2*4H,1H2,2-3H3;1H2;.